The van der Waals surface area contributed by atoms with Crippen LogP contribution in [0.15, 0.2) is 18.2 Å². The lowest BCUT2D eigenvalue weighted by atomic mass is 10.3. The molecule has 0 atom stereocenters. The number of amides is 1. The number of hydrogen-bond acceptors (Lipinski definition) is 4. The highest BCUT2D eigenvalue weighted by Crippen LogP contribution is 2.27. The fourth-order valence-electron chi connectivity index (χ4n) is 1.08. The molecule has 17 heavy (non-hydrogen) atoms. The van der Waals surface area contributed by atoms with Crippen LogP contribution < -0.4 is 15.8 Å². The average molecular weight is 274 g/mol. The van der Waals surface area contributed by atoms with Gasteiger partial charge < -0.3 is 15.8 Å². The smallest absolute Gasteiger partial charge is 0.234 e. The van der Waals surface area contributed by atoms with Gasteiger partial charge in [-0.05, 0) is 18.2 Å². The number of hydrogen-bond donors (Lipinski definition) is 3. The van der Waals surface area contributed by atoms with Gasteiger partial charge in [-0.1, -0.05) is 23.4 Å². The summed E-state index contributed by atoms with van der Waals surface area (Å²) in [6.45, 7) is 0. The maximum absolute atomic E-state index is 11.4. The van der Waals surface area contributed by atoms with Gasteiger partial charge in [-0.2, -0.15) is 0 Å². The van der Waals surface area contributed by atoms with Crippen molar-refractivity contribution in [2.45, 2.75) is 0 Å². The van der Waals surface area contributed by atoms with Crippen LogP contribution in [0, 0.1) is 5.41 Å². The van der Waals surface area contributed by atoms with Crippen molar-refractivity contribution in [1.82, 2.24) is 0 Å². The minimum atomic E-state index is -0.244. The number of halogens is 1. The summed E-state index contributed by atoms with van der Waals surface area (Å²) in [5.74, 6) is 0.396. The molecule has 0 aliphatic rings. The summed E-state index contributed by atoms with van der Waals surface area (Å²) in [6, 6.07) is 4.94. The predicted molar refractivity (Wildman–Crippen MR) is 71.0 cm³/mol. The Morgan fingerprint density at radius 2 is 2.35 bits per heavy atom. The number of ether oxygens (including phenoxy) is 1. The minimum absolute atomic E-state index is 0.0899. The molecule has 0 saturated heterocycles. The molecule has 0 spiro atoms. The molecule has 0 saturated carbocycles. The first-order chi connectivity index (χ1) is 8.02. The molecule has 0 aromatic heterocycles. The number of nitrogens with two attached hydrogens (primary N) is 1. The van der Waals surface area contributed by atoms with Gasteiger partial charge in [0.1, 0.15) is 5.75 Å². The van der Waals surface area contributed by atoms with E-state index in [0.717, 1.165) is 11.8 Å². The molecule has 0 fully saturated rings. The Balaban J connectivity index is 2.60. The minimum Gasteiger partial charge on any atom is -0.495 e. The Morgan fingerprint density at radius 1 is 1.65 bits per heavy atom. The van der Waals surface area contributed by atoms with Gasteiger partial charge in [0.25, 0.3) is 0 Å². The Labute approximate surface area is 108 Å². The van der Waals surface area contributed by atoms with E-state index < -0.39 is 0 Å². The number of thioether (sulfide) groups is 1. The van der Waals surface area contributed by atoms with E-state index in [4.69, 9.17) is 27.5 Å². The van der Waals surface area contributed by atoms with Crippen LogP contribution in [0.4, 0.5) is 5.69 Å². The van der Waals surface area contributed by atoms with Crippen LogP contribution in [0.1, 0.15) is 0 Å². The summed E-state index contributed by atoms with van der Waals surface area (Å²) in [4.78, 5) is 11.4. The largest absolute Gasteiger partial charge is 0.495 e. The van der Waals surface area contributed by atoms with E-state index in [-0.39, 0.29) is 16.8 Å². The second-order valence-corrected chi connectivity index (χ2v) is 4.47. The standard InChI is InChI=1S/C10H12ClN3O2S/c1-16-8-3-2-6(4-7(8)11)14-9(15)5-17-10(12)13/h2-4H,5H2,1H3,(H3,12,13)(H,14,15). The lowest BCUT2D eigenvalue weighted by molar-refractivity contribution is -0.113. The third-order valence-corrected chi connectivity index (χ3v) is 2.81. The number of rotatable bonds is 4. The first kappa shape index (κ1) is 13.7. The van der Waals surface area contributed by atoms with E-state index in [1.165, 1.54) is 7.11 Å². The van der Waals surface area contributed by atoms with Gasteiger partial charge in [-0.25, -0.2) is 0 Å². The summed E-state index contributed by atoms with van der Waals surface area (Å²) in [6.07, 6.45) is 0. The second-order valence-electron chi connectivity index (χ2n) is 3.05. The highest BCUT2D eigenvalue weighted by Gasteiger charge is 2.06. The van der Waals surface area contributed by atoms with Gasteiger partial charge in [-0.15, -0.1) is 0 Å². The van der Waals surface area contributed by atoms with Gasteiger partial charge >= 0.3 is 0 Å². The molecule has 7 heteroatoms. The van der Waals surface area contributed by atoms with E-state index in [1.54, 1.807) is 18.2 Å². The number of nitrogens with one attached hydrogen (secondary N) is 2. The maximum Gasteiger partial charge on any atom is 0.234 e. The normalized spacial score (nSPS) is 9.76. The molecule has 0 aliphatic heterocycles. The summed E-state index contributed by atoms with van der Waals surface area (Å²) in [5, 5.41) is 9.95. The zero-order valence-corrected chi connectivity index (χ0v) is 10.7. The summed E-state index contributed by atoms with van der Waals surface area (Å²) >= 11 is 6.87. The van der Waals surface area contributed by atoms with E-state index in [1.807, 2.05) is 0 Å². The van der Waals surface area contributed by atoms with E-state index in [9.17, 15) is 4.79 Å². The van der Waals surface area contributed by atoms with E-state index >= 15 is 0 Å². The van der Waals surface area contributed by atoms with Crippen molar-refractivity contribution in [1.29, 1.82) is 5.41 Å². The molecule has 1 aromatic carbocycles. The number of carbonyl (C=O) groups is 1. The van der Waals surface area contributed by atoms with E-state index in [2.05, 4.69) is 5.32 Å². The Kier molecular flexibility index (Phi) is 5.11. The molecule has 4 N–H and O–H groups in total. The van der Waals surface area contributed by atoms with Crippen LogP contribution in [0.25, 0.3) is 0 Å². The van der Waals surface area contributed by atoms with Crippen LogP contribution in [0.3, 0.4) is 0 Å². The number of amidine groups is 1. The molecule has 5 nitrogen and oxygen atoms in total. The fourth-order valence-corrected chi connectivity index (χ4v) is 1.70. The summed E-state index contributed by atoms with van der Waals surface area (Å²) in [7, 11) is 1.52. The van der Waals surface area contributed by atoms with Crippen LogP contribution in [0.5, 0.6) is 5.75 Å². The van der Waals surface area contributed by atoms with Gasteiger partial charge in [0.15, 0.2) is 5.17 Å². The maximum atomic E-state index is 11.4. The van der Waals surface area contributed by atoms with Gasteiger partial charge in [0.2, 0.25) is 5.91 Å². The van der Waals surface area contributed by atoms with Gasteiger partial charge in [0, 0.05) is 5.69 Å². The summed E-state index contributed by atoms with van der Waals surface area (Å²) < 4.78 is 4.99. The lowest BCUT2D eigenvalue weighted by Crippen LogP contribution is -2.17. The van der Waals surface area contributed by atoms with Crippen LogP contribution in [0.2, 0.25) is 5.02 Å². The van der Waals surface area contributed by atoms with Gasteiger partial charge in [-0.3, -0.25) is 10.2 Å². The van der Waals surface area contributed by atoms with Gasteiger partial charge in [0.05, 0.1) is 17.9 Å². The predicted octanol–water partition coefficient (Wildman–Crippen LogP) is 1.91. The van der Waals surface area contributed by atoms with Crippen LogP contribution in [-0.2, 0) is 4.79 Å². The number of methoxy groups -OCH3 is 1. The van der Waals surface area contributed by atoms with Crippen molar-refractivity contribution in [2.75, 3.05) is 18.2 Å². The molecule has 1 rings (SSSR count). The molecule has 0 heterocycles. The number of benzene rings is 1. The summed E-state index contributed by atoms with van der Waals surface area (Å²) in [5.41, 5.74) is 5.70. The van der Waals surface area contributed by atoms with Crippen LogP contribution in [-0.4, -0.2) is 23.9 Å². The molecule has 1 aromatic rings. The Hall–Kier alpha value is -1.40. The van der Waals surface area contributed by atoms with E-state index in [0.29, 0.717) is 16.5 Å². The van der Waals surface area contributed by atoms with Crippen molar-refractivity contribution >= 4 is 40.1 Å². The molecule has 0 bridgehead atoms. The second kappa shape index (κ2) is 6.36. The van der Waals surface area contributed by atoms with Crippen molar-refractivity contribution in [3.05, 3.63) is 23.2 Å². The quantitative estimate of drug-likeness (QED) is 0.578. The van der Waals surface area contributed by atoms with Crippen molar-refractivity contribution in [3.63, 3.8) is 0 Å². The topological polar surface area (TPSA) is 88.2 Å². The third kappa shape index (κ3) is 4.54. The van der Waals surface area contributed by atoms with Crippen molar-refractivity contribution in [2.24, 2.45) is 5.73 Å². The highest BCUT2D eigenvalue weighted by molar-refractivity contribution is 8.14. The zero-order valence-electron chi connectivity index (χ0n) is 9.12. The molecule has 0 radical (unpaired) electrons. The molecular weight excluding hydrogens is 262 g/mol. The third-order valence-electron chi connectivity index (χ3n) is 1.79. The first-order valence-corrected chi connectivity index (χ1v) is 5.99. The first-order valence-electron chi connectivity index (χ1n) is 4.63. The molecule has 0 unspecified atom stereocenters. The van der Waals surface area contributed by atoms with Crippen molar-refractivity contribution < 1.29 is 9.53 Å². The lowest BCUT2D eigenvalue weighted by Gasteiger charge is -2.07. The molecule has 1 amide bonds. The molecule has 92 valence electrons. The molecular formula is C10H12ClN3O2S. The fraction of sp³-hybridized carbons (Fsp3) is 0.200. The number of anilines is 1. The van der Waals surface area contributed by atoms with Crippen molar-refractivity contribution in [3.8, 4) is 5.75 Å². The monoisotopic (exact) mass is 273 g/mol. The number of carbonyl (C=O) groups excluding carboxylic acids is 1. The SMILES string of the molecule is COc1ccc(NC(=O)CSC(=N)N)cc1Cl. The average Bonchev–Trinajstić information content (AvgIpc) is 2.26. The highest BCUT2D eigenvalue weighted by atomic mass is 35.5. The zero-order chi connectivity index (χ0) is 12.8. The Morgan fingerprint density at radius 3 is 2.88 bits per heavy atom. The molecule has 0 aliphatic carbocycles. The Bertz CT molecular complexity index is 440. The van der Waals surface area contributed by atoms with Crippen LogP contribution >= 0.6 is 23.4 Å².